The van der Waals surface area contributed by atoms with Gasteiger partial charge in [-0.15, -0.1) is 0 Å². The maximum absolute atomic E-state index is 13.7. The Kier molecular flexibility index (Phi) is 3.97. The van der Waals surface area contributed by atoms with Crippen LogP contribution in [0, 0.1) is 12.7 Å². The number of benzene rings is 1. The number of pyridine rings is 2. The number of nitrogens with one attached hydrogen (secondary N) is 1. The van der Waals surface area contributed by atoms with Gasteiger partial charge >= 0.3 is 0 Å². The van der Waals surface area contributed by atoms with Crippen LogP contribution < -0.4 is 5.43 Å². The first-order chi connectivity index (χ1) is 12.5. The van der Waals surface area contributed by atoms with Crippen molar-refractivity contribution in [1.29, 1.82) is 0 Å². The molecule has 0 bridgehead atoms. The zero-order chi connectivity index (χ0) is 18.3. The Balaban J connectivity index is 2.11. The van der Waals surface area contributed by atoms with Gasteiger partial charge in [0.2, 0.25) is 5.43 Å². The SMILES string of the molecule is Cc1cc(-c2nc3c(=O)c(F)c[nH]c3nc2-c2ccccc2)cc(Cl)n1. The predicted molar refractivity (Wildman–Crippen MR) is 98.5 cm³/mol. The summed E-state index contributed by atoms with van der Waals surface area (Å²) in [5.41, 5.74) is 2.51. The van der Waals surface area contributed by atoms with Crippen LogP contribution in [0.5, 0.6) is 0 Å². The molecule has 0 amide bonds. The smallest absolute Gasteiger partial charge is 0.244 e. The average Bonchev–Trinajstić information content (AvgIpc) is 2.64. The fourth-order valence-corrected chi connectivity index (χ4v) is 3.02. The van der Waals surface area contributed by atoms with Crippen LogP contribution in [0.1, 0.15) is 5.69 Å². The van der Waals surface area contributed by atoms with Gasteiger partial charge in [0.05, 0.1) is 11.4 Å². The summed E-state index contributed by atoms with van der Waals surface area (Å²) in [6.07, 6.45) is 0.987. The van der Waals surface area contributed by atoms with Gasteiger partial charge in [-0.3, -0.25) is 4.79 Å². The van der Waals surface area contributed by atoms with Crippen molar-refractivity contribution < 1.29 is 4.39 Å². The number of hydrogen-bond acceptors (Lipinski definition) is 4. The number of rotatable bonds is 2. The summed E-state index contributed by atoms with van der Waals surface area (Å²) in [6.45, 7) is 1.80. The Morgan fingerprint density at radius 3 is 2.46 bits per heavy atom. The molecule has 26 heavy (non-hydrogen) atoms. The van der Waals surface area contributed by atoms with Crippen LogP contribution in [0.25, 0.3) is 33.7 Å². The quantitative estimate of drug-likeness (QED) is 0.541. The molecule has 0 atom stereocenters. The molecule has 0 spiro atoms. The number of nitrogens with zero attached hydrogens (tertiary/aromatic N) is 3. The van der Waals surface area contributed by atoms with Gasteiger partial charge in [0.25, 0.3) is 0 Å². The second kappa shape index (κ2) is 6.31. The van der Waals surface area contributed by atoms with E-state index in [1.54, 1.807) is 19.1 Å². The van der Waals surface area contributed by atoms with Crippen LogP contribution in [0.2, 0.25) is 5.15 Å². The number of aromatic amines is 1. The van der Waals surface area contributed by atoms with Gasteiger partial charge in [0.1, 0.15) is 5.15 Å². The molecule has 0 radical (unpaired) electrons. The molecule has 5 nitrogen and oxygen atoms in total. The number of H-pyrrole nitrogens is 1. The van der Waals surface area contributed by atoms with Crippen molar-refractivity contribution in [3.8, 4) is 22.5 Å². The molecule has 0 aliphatic heterocycles. The van der Waals surface area contributed by atoms with E-state index in [9.17, 15) is 9.18 Å². The lowest BCUT2D eigenvalue weighted by Gasteiger charge is -2.11. The van der Waals surface area contributed by atoms with Gasteiger partial charge in [-0.25, -0.2) is 19.3 Å². The minimum atomic E-state index is -0.908. The molecule has 4 aromatic rings. The average molecular weight is 367 g/mol. The third-order valence-electron chi connectivity index (χ3n) is 3.91. The normalized spacial score (nSPS) is 11.0. The molecule has 0 saturated heterocycles. The number of fused-ring (bicyclic) bond motifs is 1. The number of halogens is 2. The monoisotopic (exact) mass is 366 g/mol. The second-order valence-corrected chi connectivity index (χ2v) is 6.16. The first kappa shape index (κ1) is 16.4. The van der Waals surface area contributed by atoms with Crippen molar-refractivity contribution in [2.24, 2.45) is 0 Å². The number of aryl methyl sites for hydroxylation is 1. The van der Waals surface area contributed by atoms with Crippen LogP contribution in [0.3, 0.4) is 0 Å². The first-order valence-corrected chi connectivity index (χ1v) is 8.19. The van der Waals surface area contributed by atoms with Crippen LogP contribution in [0.4, 0.5) is 4.39 Å². The van der Waals surface area contributed by atoms with Crippen LogP contribution in [-0.4, -0.2) is 19.9 Å². The van der Waals surface area contributed by atoms with E-state index in [1.165, 1.54) is 0 Å². The summed E-state index contributed by atoms with van der Waals surface area (Å²) in [5.74, 6) is -0.908. The van der Waals surface area contributed by atoms with E-state index in [0.717, 1.165) is 11.8 Å². The molecule has 0 unspecified atom stereocenters. The van der Waals surface area contributed by atoms with E-state index in [2.05, 4.69) is 19.9 Å². The lowest BCUT2D eigenvalue weighted by molar-refractivity contribution is 0.613. The minimum Gasteiger partial charge on any atom is -0.342 e. The predicted octanol–water partition coefficient (Wildman–Crippen LogP) is 4.15. The summed E-state index contributed by atoms with van der Waals surface area (Å²) in [6, 6.07) is 12.9. The van der Waals surface area contributed by atoms with E-state index >= 15 is 0 Å². The van der Waals surface area contributed by atoms with Crippen molar-refractivity contribution in [3.63, 3.8) is 0 Å². The molecule has 0 aliphatic carbocycles. The first-order valence-electron chi connectivity index (χ1n) is 7.82. The van der Waals surface area contributed by atoms with Crippen LogP contribution in [-0.2, 0) is 0 Å². The minimum absolute atomic E-state index is 0.0646. The Morgan fingerprint density at radius 1 is 1.00 bits per heavy atom. The molecule has 7 heteroatoms. The third kappa shape index (κ3) is 2.84. The number of aromatic nitrogens is 4. The Labute approximate surface area is 152 Å². The largest absolute Gasteiger partial charge is 0.342 e. The fourth-order valence-electron chi connectivity index (χ4n) is 2.77. The van der Waals surface area contributed by atoms with Gasteiger partial charge in [-0.05, 0) is 19.1 Å². The summed E-state index contributed by atoms with van der Waals surface area (Å²) in [4.78, 5) is 28.0. The number of hydrogen-bond donors (Lipinski definition) is 1. The highest BCUT2D eigenvalue weighted by molar-refractivity contribution is 6.29. The molecule has 3 aromatic heterocycles. The van der Waals surface area contributed by atoms with Gasteiger partial charge in [0.15, 0.2) is 17.0 Å². The standard InChI is InChI=1S/C19H12ClFN4O/c1-10-7-12(8-14(20)23-10)16-15(11-5-3-2-4-6-11)25-19-17(24-16)18(26)13(21)9-22-19/h2-9H,1H3,(H,22,25,26). The van der Waals surface area contributed by atoms with E-state index in [-0.39, 0.29) is 11.2 Å². The zero-order valence-corrected chi connectivity index (χ0v) is 14.4. The van der Waals surface area contributed by atoms with Gasteiger partial charge in [-0.1, -0.05) is 41.9 Å². The lowest BCUT2D eigenvalue weighted by Crippen LogP contribution is -2.11. The van der Waals surface area contributed by atoms with Crippen molar-refractivity contribution in [2.45, 2.75) is 6.92 Å². The van der Waals surface area contributed by atoms with Crippen LogP contribution in [0.15, 0.2) is 53.5 Å². The van der Waals surface area contributed by atoms with Crippen molar-refractivity contribution in [3.05, 3.63) is 75.5 Å². The Morgan fingerprint density at radius 2 is 1.73 bits per heavy atom. The molecule has 1 N–H and O–H groups in total. The highest BCUT2D eigenvalue weighted by atomic mass is 35.5. The summed E-state index contributed by atoms with van der Waals surface area (Å²) >= 11 is 6.09. The maximum atomic E-state index is 13.7. The molecule has 0 aliphatic rings. The maximum Gasteiger partial charge on any atom is 0.244 e. The summed E-state index contributed by atoms with van der Waals surface area (Å²) in [7, 11) is 0. The third-order valence-corrected chi connectivity index (χ3v) is 4.10. The molecule has 0 fully saturated rings. The summed E-state index contributed by atoms with van der Waals surface area (Å²) in [5, 5.41) is 0.300. The molecular weight excluding hydrogens is 355 g/mol. The van der Waals surface area contributed by atoms with Gasteiger partial charge < -0.3 is 4.98 Å². The van der Waals surface area contributed by atoms with E-state index < -0.39 is 11.2 Å². The highest BCUT2D eigenvalue weighted by Crippen LogP contribution is 2.31. The molecule has 0 saturated carbocycles. The van der Waals surface area contributed by atoms with Crippen molar-refractivity contribution in [1.82, 2.24) is 19.9 Å². The van der Waals surface area contributed by atoms with E-state index in [0.29, 0.717) is 27.8 Å². The zero-order valence-electron chi connectivity index (χ0n) is 13.6. The molecule has 1 aromatic carbocycles. The van der Waals surface area contributed by atoms with Gasteiger partial charge in [-0.2, -0.15) is 0 Å². The van der Waals surface area contributed by atoms with Crippen molar-refractivity contribution in [2.75, 3.05) is 0 Å². The molecule has 4 rings (SSSR count). The molecule has 3 heterocycles. The van der Waals surface area contributed by atoms with Crippen molar-refractivity contribution >= 4 is 22.8 Å². The molecule has 128 valence electrons. The topological polar surface area (TPSA) is 71.5 Å². The lowest BCUT2D eigenvalue weighted by atomic mass is 10.0. The second-order valence-electron chi connectivity index (χ2n) is 5.77. The van der Waals surface area contributed by atoms with Gasteiger partial charge in [0, 0.05) is 23.0 Å². The Hall–Kier alpha value is -3.12. The highest BCUT2D eigenvalue weighted by Gasteiger charge is 2.17. The Bertz CT molecular complexity index is 1170. The van der Waals surface area contributed by atoms with E-state index in [4.69, 9.17) is 11.6 Å². The van der Waals surface area contributed by atoms with E-state index in [1.807, 2.05) is 30.3 Å². The fraction of sp³-hybridized carbons (Fsp3) is 0.0526. The van der Waals surface area contributed by atoms with Crippen LogP contribution >= 0.6 is 11.6 Å². The molecular formula is C19H12ClFN4O. The summed E-state index contributed by atoms with van der Waals surface area (Å²) < 4.78 is 13.7.